The summed E-state index contributed by atoms with van der Waals surface area (Å²) in [6.07, 6.45) is 10.4. The molecule has 1 unspecified atom stereocenters. The zero-order chi connectivity index (χ0) is 23.4. The Labute approximate surface area is 196 Å². The van der Waals surface area contributed by atoms with Crippen molar-refractivity contribution < 1.29 is 4.74 Å². The van der Waals surface area contributed by atoms with E-state index >= 15 is 0 Å². The predicted octanol–water partition coefficient (Wildman–Crippen LogP) is 5.80. The van der Waals surface area contributed by atoms with E-state index in [9.17, 15) is 5.26 Å². The van der Waals surface area contributed by atoms with Gasteiger partial charge in [-0.3, -0.25) is 0 Å². The first kappa shape index (κ1) is 23.2. The fraction of sp³-hybridized carbons (Fsp3) is 0.542. The highest BCUT2D eigenvalue weighted by Gasteiger charge is 2.30. The molecular weight excluding hydrogens is 430 g/mol. The molecule has 0 amide bonds. The van der Waals surface area contributed by atoms with Gasteiger partial charge in [-0.1, -0.05) is 39.1 Å². The number of fused-ring (bicyclic) bond motifs is 1. The molecule has 3 heterocycles. The number of nitriles is 1. The van der Waals surface area contributed by atoms with E-state index in [1.165, 1.54) is 19.2 Å². The molecule has 3 aromatic rings. The third-order valence-corrected chi connectivity index (χ3v) is 8.14. The van der Waals surface area contributed by atoms with Crippen molar-refractivity contribution in [3.8, 4) is 17.3 Å². The molecule has 4 rings (SSSR count). The quantitative estimate of drug-likeness (QED) is 0.228. The fourth-order valence-electron chi connectivity index (χ4n) is 4.58. The minimum absolute atomic E-state index is 0.00607. The Balaban J connectivity index is 1.63. The monoisotopic (exact) mass is 461 g/mol. The second-order valence-electron chi connectivity index (χ2n) is 10.0. The second kappa shape index (κ2) is 9.86. The summed E-state index contributed by atoms with van der Waals surface area (Å²) >= 11 is 0. The van der Waals surface area contributed by atoms with E-state index in [1.54, 1.807) is 0 Å². The predicted molar refractivity (Wildman–Crippen MR) is 130 cm³/mol. The van der Waals surface area contributed by atoms with Crippen LogP contribution in [0.2, 0.25) is 25.7 Å². The Hall–Kier alpha value is -3.01. The second-order valence-corrected chi connectivity index (χ2v) is 15.6. The average molecular weight is 462 g/mol. The lowest BCUT2D eigenvalue weighted by molar-refractivity contribution is 0.0899. The van der Waals surface area contributed by atoms with Gasteiger partial charge in [0.1, 0.15) is 18.7 Å². The van der Waals surface area contributed by atoms with Gasteiger partial charge in [-0.15, -0.1) is 0 Å². The lowest BCUT2D eigenvalue weighted by Gasteiger charge is -2.18. The van der Waals surface area contributed by atoms with Crippen LogP contribution in [-0.2, 0) is 11.5 Å². The van der Waals surface area contributed by atoms with Crippen molar-refractivity contribution in [3.63, 3.8) is 0 Å². The summed E-state index contributed by atoms with van der Waals surface area (Å²) in [5, 5.41) is 14.9. The summed E-state index contributed by atoms with van der Waals surface area (Å²) in [5.74, 6) is 0.742. The third-order valence-electron chi connectivity index (χ3n) is 6.44. The summed E-state index contributed by atoms with van der Waals surface area (Å²) in [5.41, 5.74) is 2.16. The van der Waals surface area contributed by atoms with E-state index in [4.69, 9.17) is 11.3 Å². The van der Waals surface area contributed by atoms with Gasteiger partial charge in [-0.25, -0.2) is 9.97 Å². The molecule has 1 saturated carbocycles. The zero-order valence-electron chi connectivity index (χ0n) is 19.7. The van der Waals surface area contributed by atoms with Gasteiger partial charge in [-0.05, 0) is 36.0 Å². The van der Waals surface area contributed by atoms with Crippen LogP contribution in [0.25, 0.3) is 27.1 Å². The first-order valence-corrected chi connectivity index (χ1v) is 15.3. The number of ether oxygens (including phenoxy) is 1. The van der Waals surface area contributed by atoms with Crippen LogP contribution in [0.15, 0.2) is 24.8 Å². The van der Waals surface area contributed by atoms with Crippen LogP contribution in [0.3, 0.4) is 0 Å². The van der Waals surface area contributed by atoms with Crippen LogP contribution in [0.4, 0.5) is 5.82 Å². The maximum atomic E-state index is 9.40. The largest absolute Gasteiger partial charge is 0.361 e. The zero-order valence-corrected chi connectivity index (χ0v) is 20.7. The van der Waals surface area contributed by atoms with Gasteiger partial charge in [0.2, 0.25) is 0 Å². The summed E-state index contributed by atoms with van der Waals surface area (Å²) in [6.45, 7) is 15.9. The van der Waals surface area contributed by atoms with Gasteiger partial charge in [0.25, 0.3) is 0 Å². The molecule has 0 aliphatic heterocycles. The Morgan fingerprint density at radius 1 is 1.30 bits per heavy atom. The van der Waals surface area contributed by atoms with Crippen molar-refractivity contribution in [3.05, 3.63) is 36.2 Å². The van der Waals surface area contributed by atoms with Crippen molar-refractivity contribution in [1.82, 2.24) is 24.3 Å². The van der Waals surface area contributed by atoms with Crippen LogP contribution in [0.5, 0.6) is 0 Å². The summed E-state index contributed by atoms with van der Waals surface area (Å²) in [4.78, 5) is 12.7. The lowest BCUT2D eigenvalue weighted by Crippen LogP contribution is -2.22. The minimum atomic E-state index is -1.14. The molecule has 9 heteroatoms. The molecule has 33 heavy (non-hydrogen) atoms. The Kier molecular flexibility index (Phi) is 6.92. The summed E-state index contributed by atoms with van der Waals surface area (Å²) < 4.78 is 9.73. The third kappa shape index (κ3) is 5.16. The van der Waals surface area contributed by atoms with E-state index in [0.29, 0.717) is 36.1 Å². The van der Waals surface area contributed by atoms with Crippen LogP contribution >= 0.6 is 0 Å². The van der Waals surface area contributed by atoms with Crippen molar-refractivity contribution in [1.29, 1.82) is 5.26 Å². The standard InChI is InChI=1S/C24H31N7OSi/c1-26-23-20(15-31(29-23)21(9-11-25)18-7-5-6-8-18)22-19-10-12-30(24(19)28-16-27-22)17-32-13-14-33(2,3)4/h10,12,15-16,18,21H,5-9,13-14,17H2,2-4H3. The molecule has 1 aliphatic carbocycles. The van der Waals surface area contributed by atoms with E-state index < -0.39 is 8.07 Å². The topological polar surface area (TPSA) is 85.9 Å². The number of rotatable bonds is 9. The van der Waals surface area contributed by atoms with Crippen molar-refractivity contribution in [2.75, 3.05) is 6.61 Å². The van der Waals surface area contributed by atoms with Crippen LogP contribution in [-0.4, -0.2) is 39.0 Å². The van der Waals surface area contributed by atoms with Gasteiger partial charge in [0.05, 0.1) is 24.2 Å². The normalized spacial score (nSPS) is 15.5. The first-order valence-electron chi connectivity index (χ1n) is 11.6. The summed E-state index contributed by atoms with van der Waals surface area (Å²) in [7, 11) is -1.14. The van der Waals surface area contributed by atoms with E-state index in [-0.39, 0.29) is 6.04 Å². The number of hydrogen-bond donors (Lipinski definition) is 0. The maximum Gasteiger partial charge on any atom is 0.304 e. The molecule has 3 aromatic heterocycles. The maximum absolute atomic E-state index is 9.40. The molecule has 8 nitrogen and oxygen atoms in total. The summed E-state index contributed by atoms with van der Waals surface area (Å²) in [6, 6.07) is 5.40. The highest BCUT2D eigenvalue weighted by Crippen LogP contribution is 2.39. The molecule has 1 atom stereocenters. The molecule has 0 saturated heterocycles. The SMILES string of the molecule is [C-]#[N+]c1nn(C(CC#N)C2CCCC2)cc1-c1ncnc2c1ccn2COCC[Si](C)(C)C. The highest BCUT2D eigenvalue weighted by atomic mass is 28.3. The minimum Gasteiger partial charge on any atom is -0.361 e. The Morgan fingerprint density at radius 3 is 2.79 bits per heavy atom. The lowest BCUT2D eigenvalue weighted by atomic mass is 9.96. The molecule has 0 radical (unpaired) electrons. The smallest absolute Gasteiger partial charge is 0.304 e. The molecule has 1 aliphatic rings. The fourth-order valence-corrected chi connectivity index (χ4v) is 5.33. The highest BCUT2D eigenvalue weighted by molar-refractivity contribution is 6.76. The van der Waals surface area contributed by atoms with E-state index in [2.05, 4.69) is 45.6 Å². The molecule has 0 aromatic carbocycles. The first-order chi connectivity index (χ1) is 15.9. The molecule has 0 spiro atoms. The molecule has 172 valence electrons. The van der Waals surface area contributed by atoms with Crippen molar-refractivity contribution in [2.24, 2.45) is 5.92 Å². The van der Waals surface area contributed by atoms with Crippen LogP contribution < -0.4 is 0 Å². The van der Waals surface area contributed by atoms with E-state index in [0.717, 1.165) is 36.5 Å². The molecular formula is C24H31N7OSi. The average Bonchev–Trinajstić information content (AvgIpc) is 3.54. The van der Waals surface area contributed by atoms with Gasteiger partial charge >= 0.3 is 5.82 Å². The van der Waals surface area contributed by atoms with E-state index in [1.807, 2.05) is 27.7 Å². The van der Waals surface area contributed by atoms with Gasteiger partial charge in [0.15, 0.2) is 0 Å². The van der Waals surface area contributed by atoms with Gasteiger partial charge in [0, 0.05) is 38.0 Å². The van der Waals surface area contributed by atoms with Crippen LogP contribution in [0, 0.1) is 23.8 Å². The molecule has 0 N–H and O–H groups in total. The Morgan fingerprint density at radius 2 is 2.09 bits per heavy atom. The van der Waals surface area contributed by atoms with Gasteiger partial charge in [-0.2, -0.15) is 9.94 Å². The van der Waals surface area contributed by atoms with Crippen molar-refractivity contribution >= 4 is 24.9 Å². The number of aromatic nitrogens is 5. The number of hydrogen-bond acceptors (Lipinski definition) is 5. The Bertz CT molecular complexity index is 1190. The van der Waals surface area contributed by atoms with Crippen LogP contribution in [0.1, 0.15) is 38.1 Å². The van der Waals surface area contributed by atoms with Gasteiger partial charge < -0.3 is 14.1 Å². The number of nitrogens with zero attached hydrogens (tertiary/aromatic N) is 7. The molecule has 1 fully saturated rings. The molecule has 0 bridgehead atoms. The van der Waals surface area contributed by atoms with Crippen molar-refractivity contribution in [2.45, 2.75) is 70.6 Å².